The fourth-order valence-corrected chi connectivity index (χ4v) is 3.29. The Morgan fingerprint density at radius 3 is 1.90 bits per heavy atom. The van der Waals surface area contributed by atoms with Gasteiger partial charge in [-0.15, -0.1) is 0 Å². The molecule has 20 heavy (non-hydrogen) atoms. The minimum atomic E-state index is 0.315. The third-order valence-corrected chi connectivity index (χ3v) is 4.32. The maximum Gasteiger partial charge on any atom is 0.0605 e. The van der Waals surface area contributed by atoms with Gasteiger partial charge in [0, 0.05) is 18.6 Å². The number of nitrogens with zero attached hydrogens (tertiary/aromatic N) is 1. The van der Waals surface area contributed by atoms with Gasteiger partial charge in [0.25, 0.3) is 0 Å². The van der Waals surface area contributed by atoms with Gasteiger partial charge in [0.05, 0.1) is 6.04 Å². The van der Waals surface area contributed by atoms with Crippen LogP contribution < -0.4 is 5.73 Å². The highest BCUT2D eigenvalue weighted by Gasteiger charge is 2.40. The van der Waals surface area contributed by atoms with E-state index in [0.29, 0.717) is 18.1 Å². The number of nitrogens with two attached hydrogens (primary N) is 1. The van der Waals surface area contributed by atoms with Crippen LogP contribution in [0.15, 0.2) is 60.7 Å². The Morgan fingerprint density at radius 2 is 1.50 bits per heavy atom. The lowest BCUT2D eigenvalue weighted by Gasteiger charge is -2.50. The molecule has 1 heterocycles. The lowest BCUT2D eigenvalue weighted by molar-refractivity contribution is 0.0302. The first-order valence-corrected chi connectivity index (χ1v) is 7.42. The van der Waals surface area contributed by atoms with Crippen molar-refractivity contribution in [1.82, 2.24) is 4.90 Å². The predicted octanol–water partition coefficient (Wildman–Crippen LogP) is 3.20. The lowest BCUT2D eigenvalue weighted by Crippen LogP contribution is -2.64. The fourth-order valence-electron chi connectivity index (χ4n) is 3.29. The van der Waals surface area contributed by atoms with Crippen molar-refractivity contribution in [2.75, 3.05) is 6.54 Å². The number of hydrogen-bond acceptors (Lipinski definition) is 2. The van der Waals surface area contributed by atoms with Gasteiger partial charge in [0.1, 0.15) is 0 Å². The van der Waals surface area contributed by atoms with E-state index in [0.717, 1.165) is 13.0 Å². The lowest BCUT2D eigenvalue weighted by atomic mass is 9.87. The first kappa shape index (κ1) is 13.3. The highest BCUT2D eigenvalue weighted by molar-refractivity contribution is 5.33. The van der Waals surface area contributed by atoms with Crippen LogP contribution in [0.3, 0.4) is 0 Å². The Balaban J connectivity index is 1.97. The van der Waals surface area contributed by atoms with Gasteiger partial charge in [-0.3, -0.25) is 4.90 Å². The molecule has 2 atom stereocenters. The minimum Gasteiger partial charge on any atom is -0.325 e. The van der Waals surface area contributed by atoms with E-state index in [-0.39, 0.29) is 0 Å². The molecule has 0 aliphatic carbocycles. The van der Waals surface area contributed by atoms with Crippen LogP contribution in [0.4, 0.5) is 0 Å². The molecular weight excluding hydrogens is 244 g/mol. The zero-order chi connectivity index (χ0) is 13.9. The van der Waals surface area contributed by atoms with E-state index in [4.69, 9.17) is 5.73 Å². The summed E-state index contributed by atoms with van der Waals surface area (Å²) < 4.78 is 0. The molecule has 3 rings (SSSR count). The van der Waals surface area contributed by atoms with Crippen molar-refractivity contribution >= 4 is 0 Å². The molecule has 0 amide bonds. The van der Waals surface area contributed by atoms with Crippen LogP contribution in [0.25, 0.3) is 0 Å². The Labute approximate surface area is 121 Å². The summed E-state index contributed by atoms with van der Waals surface area (Å²) in [6.07, 6.45) is 1.11. The molecule has 1 fully saturated rings. The van der Waals surface area contributed by atoms with Crippen molar-refractivity contribution in [3.05, 3.63) is 71.8 Å². The van der Waals surface area contributed by atoms with Gasteiger partial charge in [0.15, 0.2) is 0 Å². The zero-order valence-electron chi connectivity index (χ0n) is 11.9. The highest BCUT2D eigenvalue weighted by Crippen LogP contribution is 2.36. The average molecular weight is 266 g/mol. The van der Waals surface area contributed by atoms with Gasteiger partial charge in [-0.25, -0.2) is 0 Å². The van der Waals surface area contributed by atoms with Crippen LogP contribution in [0, 0.1) is 0 Å². The normalized spacial score (nSPS) is 22.8. The molecule has 0 bridgehead atoms. The number of benzene rings is 2. The van der Waals surface area contributed by atoms with E-state index >= 15 is 0 Å². The molecule has 0 aromatic heterocycles. The molecule has 2 N–H and O–H groups in total. The molecule has 104 valence electrons. The molecule has 1 aliphatic heterocycles. The summed E-state index contributed by atoms with van der Waals surface area (Å²) in [7, 11) is 0. The van der Waals surface area contributed by atoms with Gasteiger partial charge in [0.2, 0.25) is 0 Å². The van der Waals surface area contributed by atoms with E-state index < -0.39 is 0 Å². The molecule has 0 spiro atoms. The summed E-state index contributed by atoms with van der Waals surface area (Å²) in [5.41, 5.74) is 8.88. The maximum absolute atomic E-state index is 6.18. The summed E-state index contributed by atoms with van der Waals surface area (Å²) in [4.78, 5) is 2.54. The highest BCUT2D eigenvalue weighted by atomic mass is 15.3. The molecule has 2 nitrogen and oxygen atoms in total. The summed E-state index contributed by atoms with van der Waals surface area (Å²) >= 11 is 0. The maximum atomic E-state index is 6.18. The van der Waals surface area contributed by atoms with Crippen LogP contribution in [-0.4, -0.2) is 23.5 Å². The van der Waals surface area contributed by atoms with E-state index in [1.165, 1.54) is 11.1 Å². The second-order valence-corrected chi connectivity index (χ2v) is 5.56. The molecule has 2 heteroatoms. The third-order valence-electron chi connectivity index (χ3n) is 4.32. The second-order valence-electron chi connectivity index (χ2n) is 5.56. The van der Waals surface area contributed by atoms with E-state index in [1.807, 2.05) is 0 Å². The van der Waals surface area contributed by atoms with Gasteiger partial charge >= 0.3 is 0 Å². The summed E-state index contributed by atoms with van der Waals surface area (Å²) in [5.74, 6) is 0. The van der Waals surface area contributed by atoms with E-state index in [2.05, 4.69) is 72.5 Å². The molecule has 0 radical (unpaired) electrons. The van der Waals surface area contributed by atoms with Crippen molar-refractivity contribution < 1.29 is 0 Å². The van der Waals surface area contributed by atoms with Gasteiger partial charge < -0.3 is 5.73 Å². The minimum absolute atomic E-state index is 0.315. The molecule has 0 saturated carbocycles. The Kier molecular flexibility index (Phi) is 3.86. The second kappa shape index (κ2) is 5.78. The molecular formula is C18H22N2. The molecule has 2 aromatic rings. The SMILES string of the molecule is CC[C@@H]1[C@H](N)CN1C(c1ccccc1)c1ccccc1. The van der Waals surface area contributed by atoms with E-state index in [1.54, 1.807) is 0 Å². The molecule has 2 aromatic carbocycles. The van der Waals surface area contributed by atoms with Crippen LogP contribution in [0.2, 0.25) is 0 Å². The van der Waals surface area contributed by atoms with Crippen molar-refractivity contribution in [2.24, 2.45) is 5.73 Å². The number of likely N-dealkylation sites (tertiary alicyclic amines) is 1. The first-order valence-electron chi connectivity index (χ1n) is 7.42. The molecule has 1 saturated heterocycles. The van der Waals surface area contributed by atoms with Crippen molar-refractivity contribution in [1.29, 1.82) is 0 Å². The van der Waals surface area contributed by atoms with Crippen LogP contribution in [0.1, 0.15) is 30.5 Å². The van der Waals surface area contributed by atoms with Crippen molar-refractivity contribution in [3.63, 3.8) is 0 Å². The van der Waals surface area contributed by atoms with Crippen molar-refractivity contribution in [2.45, 2.75) is 31.5 Å². The average Bonchev–Trinajstić information content (AvgIpc) is 2.49. The predicted molar refractivity (Wildman–Crippen MR) is 83.5 cm³/mol. The van der Waals surface area contributed by atoms with Crippen LogP contribution in [-0.2, 0) is 0 Å². The number of hydrogen-bond donors (Lipinski definition) is 1. The molecule has 0 unspecified atom stereocenters. The Bertz CT molecular complexity index is 498. The van der Waals surface area contributed by atoms with Gasteiger partial charge in [-0.1, -0.05) is 67.6 Å². The first-order chi connectivity index (χ1) is 9.81. The van der Waals surface area contributed by atoms with E-state index in [9.17, 15) is 0 Å². The summed E-state index contributed by atoms with van der Waals surface area (Å²) in [6.45, 7) is 3.21. The third kappa shape index (κ3) is 2.37. The number of rotatable bonds is 4. The quantitative estimate of drug-likeness (QED) is 0.921. The van der Waals surface area contributed by atoms with Crippen molar-refractivity contribution in [3.8, 4) is 0 Å². The standard InChI is InChI=1S/C18H22N2/c1-2-17-16(19)13-20(17)18(14-9-5-3-6-10-14)15-11-7-4-8-12-15/h3-12,16-18H,2,13,19H2,1H3/t16-,17-/m1/s1. The summed E-state index contributed by atoms with van der Waals surface area (Å²) in [6, 6.07) is 22.6. The largest absolute Gasteiger partial charge is 0.325 e. The Morgan fingerprint density at radius 1 is 1.00 bits per heavy atom. The van der Waals surface area contributed by atoms with Crippen LogP contribution in [0.5, 0.6) is 0 Å². The van der Waals surface area contributed by atoms with Gasteiger partial charge in [-0.2, -0.15) is 0 Å². The van der Waals surface area contributed by atoms with Gasteiger partial charge in [-0.05, 0) is 17.5 Å². The fraction of sp³-hybridized carbons (Fsp3) is 0.333. The summed E-state index contributed by atoms with van der Waals surface area (Å²) in [5, 5.41) is 0. The topological polar surface area (TPSA) is 29.3 Å². The Hall–Kier alpha value is -1.64. The zero-order valence-corrected chi connectivity index (χ0v) is 11.9. The molecule has 1 aliphatic rings. The monoisotopic (exact) mass is 266 g/mol. The van der Waals surface area contributed by atoms with Crippen LogP contribution >= 0.6 is 0 Å². The smallest absolute Gasteiger partial charge is 0.0605 e.